The zero-order valence-corrected chi connectivity index (χ0v) is 22.3. The minimum Gasteiger partial charge on any atom is -0.497 e. The highest BCUT2D eigenvalue weighted by atomic mass is 16.5. The van der Waals surface area contributed by atoms with Gasteiger partial charge in [0, 0.05) is 12.3 Å². The molecule has 0 radical (unpaired) electrons. The maximum atomic E-state index is 13.7. The molecule has 39 heavy (non-hydrogen) atoms. The van der Waals surface area contributed by atoms with Gasteiger partial charge in [-0.3, -0.25) is 9.69 Å². The van der Waals surface area contributed by atoms with Gasteiger partial charge in [0.05, 0.1) is 43.6 Å². The molecule has 0 bridgehead atoms. The van der Waals surface area contributed by atoms with Crippen LogP contribution in [0.5, 0.6) is 11.5 Å². The summed E-state index contributed by atoms with van der Waals surface area (Å²) in [5.41, 5.74) is 5.02. The number of imidazole rings is 1. The summed E-state index contributed by atoms with van der Waals surface area (Å²) in [6.45, 7) is 2.05. The Morgan fingerprint density at radius 2 is 1.59 bits per heavy atom. The molecule has 4 aromatic rings. The first kappa shape index (κ1) is 25.1. The van der Waals surface area contributed by atoms with Crippen molar-refractivity contribution in [2.24, 2.45) is 5.10 Å². The van der Waals surface area contributed by atoms with Crippen molar-refractivity contribution in [1.82, 2.24) is 19.9 Å². The van der Waals surface area contributed by atoms with E-state index in [2.05, 4.69) is 16.0 Å². The van der Waals surface area contributed by atoms with E-state index >= 15 is 0 Å². The Labute approximate surface area is 228 Å². The number of methoxy groups -OCH3 is 2. The number of hydrazone groups is 1. The first-order valence-electron chi connectivity index (χ1n) is 13.5. The number of hydrogen-bond donors (Lipinski definition) is 1. The molecule has 200 valence electrons. The lowest BCUT2D eigenvalue weighted by Crippen LogP contribution is -2.41. The van der Waals surface area contributed by atoms with Crippen LogP contribution in [0.3, 0.4) is 0 Å². The average Bonchev–Trinajstić information content (AvgIpc) is 3.63. The van der Waals surface area contributed by atoms with Gasteiger partial charge in [0.25, 0.3) is 5.91 Å². The second-order valence-corrected chi connectivity index (χ2v) is 10.2. The number of carbonyl (C=O) groups excluding carboxylic acids is 1. The van der Waals surface area contributed by atoms with Gasteiger partial charge in [-0.25, -0.2) is 9.99 Å². The SMILES string of the molecule is COc1ccc(C2=NN(C(=O)CN3CCC(c4nc5ccccc5[nH]4)CC3)C(c3ccc(OC)cc3)C2)cc1. The van der Waals surface area contributed by atoms with Gasteiger partial charge in [0.15, 0.2) is 0 Å². The van der Waals surface area contributed by atoms with E-state index in [1.165, 1.54) is 0 Å². The normalized spacial score (nSPS) is 18.4. The fraction of sp³-hybridized carbons (Fsp3) is 0.323. The van der Waals surface area contributed by atoms with E-state index in [-0.39, 0.29) is 11.9 Å². The van der Waals surface area contributed by atoms with Crippen LogP contribution in [0.2, 0.25) is 0 Å². The molecule has 1 amide bonds. The van der Waals surface area contributed by atoms with Crippen molar-refractivity contribution in [3.8, 4) is 11.5 Å². The topological polar surface area (TPSA) is 83.0 Å². The van der Waals surface area contributed by atoms with Gasteiger partial charge in [-0.1, -0.05) is 24.3 Å². The molecule has 1 fully saturated rings. The van der Waals surface area contributed by atoms with E-state index in [1.54, 1.807) is 19.2 Å². The predicted octanol–water partition coefficient (Wildman–Crippen LogP) is 5.14. The fourth-order valence-corrected chi connectivity index (χ4v) is 5.58. The van der Waals surface area contributed by atoms with Gasteiger partial charge in [-0.15, -0.1) is 0 Å². The fourth-order valence-electron chi connectivity index (χ4n) is 5.58. The zero-order chi connectivity index (χ0) is 26.8. The minimum absolute atomic E-state index is 0.0153. The lowest BCUT2D eigenvalue weighted by atomic mass is 9.96. The number of para-hydroxylation sites is 2. The molecule has 0 saturated carbocycles. The van der Waals surface area contributed by atoms with E-state index in [1.807, 2.05) is 66.7 Å². The molecule has 6 rings (SSSR count). The average molecular weight is 524 g/mol. The number of piperidine rings is 1. The lowest BCUT2D eigenvalue weighted by Gasteiger charge is -2.32. The van der Waals surface area contributed by atoms with Crippen LogP contribution in [0, 0.1) is 0 Å². The van der Waals surface area contributed by atoms with Crippen LogP contribution >= 0.6 is 0 Å². The standard InChI is InChI=1S/C31H33N5O3/c1-38-24-11-7-21(8-12-24)28-19-29(22-9-13-25(39-2)14-10-22)36(34-28)30(37)20-35-17-15-23(16-18-35)31-32-26-5-3-4-6-27(26)33-31/h3-14,23,29H,15-20H2,1-2H3,(H,32,33). The molecule has 1 aromatic heterocycles. The smallest absolute Gasteiger partial charge is 0.257 e. The molecule has 0 spiro atoms. The summed E-state index contributed by atoms with van der Waals surface area (Å²) in [7, 11) is 3.31. The summed E-state index contributed by atoms with van der Waals surface area (Å²) in [6, 6.07) is 23.8. The maximum absolute atomic E-state index is 13.7. The van der Waals surface area contributed by atoms with E-state index in [0.29, 0.717) is 18.9 Å². The number of likely N-dealkylation sites (tertiary alicyclic amines) is 1. The van der Waals surface area contributed by atoms with Crippen molar-refractivity contribution < 1.29 is 14.3 Å². The predicted molar refractivity (Wildman–Crippen MR) is 151 cm³/mol. The summed E-state index contributed by atoms with van der Waals surface area (Å²) in [4.78, 5) is 24.2. The molecular formula is C31H33N5O3. The highest BCUT2D eigenvalue weighted by Gasteiger charge is 2.34. The van der Waals surface area contributed by atoms with Crippen molar-refractivity contribution >= 4 is 22.7 Å². The molecule has 3 aromatic carbocycles. The van der Waals surface area contributed by atoms with Gasteiger partial charge in [0.1, 0.15) is 17.3 Å². The van der Waals surface area contributed by atoms with Crippen LogP contribution in [0.4, 0.5) is 0 Å². The van der Waals surface area contributed by atoms with Gasteiger partial charge < -0.3 is 14.5 Å². The highest BCUT2D eigenvalue weighted by Crippen LogP contribution is 2.35. The van der Waals surface area contributed by atoms with Crippen molar-refractivity contribution in [2.45, 2.75) is 31.2 Å². The number of amides is 1. The summed E-state index contributed by atoms with van der Waals surface area (Å²) in [5.74, 6) is 3.03. The molecule has 2 aliphatic rings. The zero-order valence-electron chi connectivity index (χ0n) is 22.3. The summed E-state index contributed by atoms with van der Waals surface area (Å²) < 4.78 is 10.7. The Morgan fingerprint density at radius 3 is 2.26 bits per heavy atom. The minimum atomic E-state index is -0.159. The van der Waals surface area contributed by atoms with Crippen LogP contribution in [0.25, 0.3) is 11.0 Å². The molecule has 8 nitrogen and oxygen atoms in total. The Bertz CT molecular complexity index is 1440. The van der Waals surface area contributed by atoms with Crippen LogP contribution in [-0.2, 0) is 4.79 Å². The van der Waals surface area contributed by atoms with E-state index in [0.717, 1.165) is 71.1 Å². The van der Waals surface area contributed by atoms with E-state index in [9.17, 15) is 4.79 Å². The number of nitrogens with zero attached hydrogens (tertiary/aromatic N) is 4. The van der Waals surface area contributed by atoms with Crippen molar-refractivity contribution in [3.05, 3.63) is 89.7 Å². The number of nitrogens with one attached hydrogen (secondary N) is 1. The molecule has 3 heterocycles. The van der Waals surface area contributed by atoms with Gasteiger partial charge >= 0.3 is 0 Å². The Hall–Kier alpha value is -4.17. The van der Waals surface area contributed by atoms with Gasteiger partial charge in [-0.05, 0) is 85.6 Å². The Kier molecular flexibility index (Phi) is 7.02. The second kappa shape index (κ2) is 10.9. The third-order valence-electron chi connectivity index (χ3n) is 7.83. The number of fused-ring (bicyclic) bond motifs is 1. The number of hydrogen-bond acceptors (Lipinski definition) is 6. The number of rotatable bonds is 7. The van der Waals surface area contributed by atoms with Crippen LogP contribution in [0.15, 0.2) is 77.9 Å². The Balaban J connectivity index is 1.16. The highest BCUT2D eigenvalue weighted by molar-refractivity contribution is 6.03. The molecular weight excluding hydrogens is 490 g/mol. The van der Waals surface area contributed by atoms with Crippen LogP contribution < -0.4 is 9.47 Å². The lowest BCUT2D eigenvalue weighted by molar-refractivity contribution is -0.134. The van der Waals surface area contributed by atoms with E-state index < -0.39 is 0 Å². The quantitative estimate of drug-likeness (QED) is 0.363. The number of carbonyl (C=O) groups is 1. The molecule has 8 heteroatoms. The van der Waals surface area contributed by atoms with Crippen molar-refractivity contribution in [1.29, 1.82) is 0 Å². The third-order valence-corrected chi connectivity index (χ3v) is 7.83. The van der Waals surface area contributed by atoms with Crippen LogP contribution in [-0.4, -0.2) is 65.3 Å². The molecule has 2 aliphatic heterocycles. The summed E-state index contributed by atoms with van der Waals surface area (Å²) in [6.07, 6.45) is 2.59. The number of aromatic nitrogens is 2. The first-order chi connectivity index (χ1) is 19.1. The summed E-state index contributed by atoms with van der Waals surface area (Å²) >= 11 is 0. The number of H-pyrrole nitrogens is 1. The Morgan fingerprint density at radius 1 is 0.923 bits per heavy atom. The molecule has 1 N–H and O–H groups in total. The summed E-state index contributed by atoms with van der Waals surface area (Å²) in [5, 5.41) is 6.54. The van der Waals surface area contributed by atoms with Crippen LogP contribution in [0.1, 0.15) is 48.2 Å². The number of aromatic amines is 1. The number of ether oxygens (including phenoxy) is 2. The maximum Gasteiger partial charge on any atom is 0.257 e. The van der Waals surface area contributed by atoms with Crippen molar-refractivity contribution in [2.75, 3.05) is 33.9 Å². The first-order valence-corrected chi connectivity index (χ1v) is 13.5. The van der Waals surface area contributed by atoms with Gasteiger partial charge in [0.2, 0.25) is 0 Å². The van der Waals surface area contributed by atoms with Crippen molar-refractivity contribution in [3.63, 3.8) is 0 Å². The third kappa shape index (κ3) is 5.25. The largest absolute Gasteiger partial charge is 0.497 e. The number of benzene rings is 3. The van der Waals surface area contributed by atoms with E-state index in [4.69, 9.17) is 19.6 Å². The van der Waals surface area contributed by atoms with Gasteiger partial charge in [-0.2, -0.15) is 5.10 Å². The molecule has 1 unspecified atom stereocenters. The molecule has 1 saturated heterocycles. The molecule has 1 atom stereocenters. The molecule has 0 aliphatic carbocycles. The monoisotopic (exact) mass is 523 g/mol. The second-order valence-electron chi connectivity index (χ2n) is 10.2.